The molecule has 1 N–H and O–H groups in total. The van der Waals surface area contributed by atoms with Gasteiger partial charge in [0.1, 0.15) is 0 Å². The number of rotatable bonds is 5. The zero-order valence-electron chi connectivity index (χ0n) is 21.0. The predicted molar refractivity (Wildman–Crippen MR) is 139 cm³/mol. The molecule has 0 spiro atoms. The molecule has 0 radical (unpaired) electrons. The second-order valence-electron chi connectivity index (χ2n) is 9.28. The van der Waals surface area contributed by atoms with E-state index in [1.165, 1.54) is 0 Å². The van der Waals surface area contributed by atoms with Gasteiger partial charge in [0.25, 0.3) is 0 Å². The summed E-state index contributed by atoms with van der Waals surface area (Å²) in [5, 5.41) is 3.07. The first kappa shape index (κ1) is 24.9. The van der Waals surface area contributed by atoms with Gasteiger partial charge < -0.3 is 24.3 Å². The quantitative estimate of drug-likeness (QED) is 0.540. The fourth-order valence-corrected chi connectivity index (χ4v) is 4.52. The molecule has 8 nitrogen and oxygen atoms in total. The van der Waals surface area contributed by atoms with Gasteiger partial charge in [-0.1, -0.05) is 37.1 Å². The molecule has 8 heteroatoms. The van der Waals surface area contributed by atoms with E-state index in [1.807, 2.05) is 54.6 Å². The molecule has 3 aromatic rings. The largest absolute Gasteiger partial charge is 0.490 e. The van der Waals surface area contributed by atoms with Gasteiger partial charge in [0.15, 0.2) is 23.0 Å². The van der Waals surface area contributed by atoms with E-state index >= 15 is 0 Å². The summed E-state index contributed by atoms with van der Waals surface area (Å²) < 4.78 is 23.0. The average Bonchev–Trinajstić information content (AvgIpc) is 3.38. The van der Waals surface area contributed by atoms with Crippen molar-refractivity contribution in [2.45, 2.75) is 38.6 Å². The van der Waals surface area contributed by atoms with Crippen molar-refractivity contribution >= 4 is 5.91 Å². The van der Waals surface area contributed by atoms with Gasteiger partial charge in [-0.25, -0.2) is 4.98 Å². The summed E-state index contributed by atoms with van der Waals surface area (Å²) in [7, 11) is 0. The summed E-state index contributed by atoms with van der Waals surface area (Å²) in [5.41, 5.74) is 2.03. The van der Waals surface area contributed by atoms with E-state index in [0.29, 0.717) is 37.9 Å². The summed E-state index contributed by atoms with van der Waals surface area (Å²) in [6.07, 6.45) is 6.60. The van der Waals surface area contributed by atoms with Crippen LogP contribution in [0.2, 0.25) is 0 Å². The molecule has 37 heavy (non-hydrogen) atoms. The predicted octanol–water partition coefficient (Wildman–Crippen LogP) is 4.72. The molecule has 0 fully saturated rings. The normalized spacial score (nSPS) is 15.9. The van der Waals surface area contributed by atoms with Crippen LogP contribution >= 0.6 is 0 Å². The van der Waals surface area contributed by atoms with E-state index in [1.54, 1.807) is 6.20 Å². The maximum Gasteiger partial charge on any atom is 0.234 e. The summed E-state index contributed by atoms with van der Waals surface area (Å²) in [6.45, 7) is 3.17. The Balaban J connectivity index is 1.22. The van der Waals surface area contributed by atoms with Crippen LogP contribution < -0.4 is 24.3 Å². The van der Waals surface area contributed by atoms with Crippen molar-refractivity contribution in [1.82, 2.24) is 15.2 Å². The van der Waals surface area contributed by atoms with Gasteiger partial charge in [-0.15, -0.1) is 0 Å². The number of hydrogen-bond donors (Lipinski definition) is 1. The molecule has 0 aliphatic carbocycles. The number of nitrogens with zero attached hydrogens (tertiary/aromatic N) is 2. The zero-order chi connectivity index (χ0) is 25.3. The monoisotopic (exact) mass is 503 g/mol. The number of fused-ring (bicyclic) bond motifs is 3. The molecule has 0 unspecified atom stereocenters. The number of hydrogen-bond acceptors (Lipinski definition) is 7. The maximum absolute atomic E-state index is 12.9. The first-order valence-corrected chi connectivity index (χ1v) is 13.0. The second kappa shape index (κ2) is 12.5. The van der Waals surface area contributed by atoms with Crippen molar-refractivity contribution in [2.24, 2.45) is 0 Å². The lowest BCUT2D eigenvalue weighted by atomic mass is 10.1. The highest BCUT2D eigenvalue weighted by Crippen LogP contribution is 2.33. The lowest BCUT2D eigenvalue weighted by Crippen LogP contribution is -2.38. The SMILES string of the molecule is O=C(CN1CCCCCCOc2ccccc2Oc2ncccc2C1)NCCc1ccc2c(c1)OCO2. The first-order chi connectivity index (χ1) is 18.2. The number of benzene rings is 2. The minimum atomic E-state index is 0.00645. The Labute approximate surface area is 217 Å². The third-order valence-electron chi connectivity index (χ3n) is 6.47. The number of nitrogens with one attached hydrogen (secondary N) is 1. The van der Waals surface area contributed by atoms with Crippen LogP contribution in [0, 0.1) is 0 Å². The molecular formula is C29H33N3O5. The summed E-state index contributed by atoms with van der Waals surface area (Å²) >= 11 is 0. The molecule has 2 aliphatic heterocycles. The van der Waals surface area contributed by atoms with Gasteiger partial charge in [-0.05, 0) is 61.7 Å². The summed E-state index contributed by atoms with van der Waals surface area (Å²) in [4.78, 5) is 19.5. The molecule has 1 amide bonds. The number of aromatic nitrogens is 1. The minimum Gasteiger partial charge on any atom is -0.490 e. The van der Waals surface area contributed by atoms with Crippen LogP contribution in [-0.4, -0.2) is 48.8 Å². The number of carbonyl (C=O) groups excluding carboxylic acids is 1. The molecular weight excluding hydrogens is 470 g/mol. The van der Waals surface area contributed by atoms with Gasteiger partial charge in [-0.3, -0.25) is 9.69 Å². The lowest BCUT2D eigenvalue weighted by molar-refractivity contribution is -0.122. The van der Waals surface area contributed by atoms with E-state index in [0.717, 1.165) is 67.0 Å². The smallest absolute Gasteiger partial charge is 0.234 e. The minimum absolute atomic E-state index is 0.00645. The third kappa shape index (κ3) is 6.92. The number of amides is 1. The molecule has 0 bridgehead atoms. The molecule has 0 atom stereocenters. The van der Waals surface area contributed by atoms with Crippen molar-refractivity contribution in [3.8, 4) is 28.9 Å². The fourth-order valence-electron chi connectivity index (χ4n) is 4.52. The Bertz CT molecular complexity index is 1200. The highest BCUT2D eigenvalue weighted by Gasteiger charge is 2.17. The lowest BCUT2D eigenvalue weighted by Gasteiger charge is -2.23. The van der Waals surface area contributed by atoms with Gasteiger partial charge in [0.05, 0.1) is 13.2 Å². The average molecular weight is 504 g/mol. The molecule has 0 saturated heterocycles. The van der Waals surface area contributed by atoms with E-state index < -0.39 is 0 Å². The van der Waals surface area contributed by atoms with Gasteiger partial charge >= 0.3 is 0 Å². The molecule has 1 aromatic heterocycles. The van der Waals surface area contributed by atoms with Gasteiger partial charge in [0, 0.05) is 24.8 Å². The standard InChI is InChI=1S/C29H33N3O5/c33-28(30-15-13-22-11-12-25-27(18-22)36-21-35-25)20-32-16-5-1-2-6-17-34-24-9-3-4-10-26(24)37-29-23(19-32)8-7-14-31-29/h3-4,7-12,14,18H,1-2,5-6,13,15-17,19-21H2,(H,30,33). The van der Waals surface area contributed by atoms with E-state index in [-0.39, 0.29) is 12.7 Å². The highest BCUT2D eigenvalue weighted by atomic mass is 16.7. The van der Waals surface area contributed by atoms with E-state index in [2.05, 4.69) is 15.2 Å². The molecule has 3 heterocycles. The van der Waals surface area contributed by atoms with Crippen LogP contribution in [0.15, 0.2) is 60.8 Å². The number of carbonyl (C=O) groups is 1. The van der Waals surface area contributed by atoms with Crippen molar-refractivity contribution in [3.63, 3.8) is 0 Å². The van der Waals surface area contributed by atoms with Crippen LogP contribution in [0.25, 0.3) is 0 Å². The van der Waals surface area contributed by atoms with Crippen molar-refractivity contribution in [3.05, 3.63) is 71.9 Å². The van der Waals surface area contributed by atoms with Crippen molar-refractivity contribution < 1.29 is 23.7 Å². The van der Waals surface area contributed by atoms with E-state index in [4.69, 9.17) is 18.9 Å². The van der Waals surface area contributed by atoms with Crippen molar-refractivity contribution in [2.75, 3.05) is 33.0 Å². The fraction of sp³-hybridized carbons (Fsp3) is 0.379. The Morgan fingerprint density at radius 2 is 1.73 bits per heavy atom. The number of ether oxygens (including phenoxy) is 4. The topological polar surface area (TPSA) is 82.2 Å². The van der Waals surface area contributed by atoms with Crippen molar-refractivity contribution in [1.29, 1.82) is 0 Å². The third-order valence-corrected chi connectivity index (χ3v) is 6.47. The molecule has 2 aliphatic rings. The van der Waals surface area contributed by atoms with Gasteiger partial charge in [-0.2, -0.15) is 0 Å². The summed E-state index contributed by atoms with van der Waals surface area (Å²) in [6, 6.07) is 17.5. The van der Waals surface area contributed by atoms with Crippen LogP contribution in [0.1, 0.15) is 36.8 Å². The van der Waals surface area contributed by atoms with E-state index in [9.17, 15) is 4.79 Å². The maximum atomic E-state index is 12.9. The number of para-hydroxylation sites is 2. The molecule has 0 saturated carbocycles. The van der Waals surface area contributed by atoms with Crippen LogP contribution in [-0.2, 0) is 17.8 Å². The molecule has 2 aromatic carbocycles. The molecule has 5 rings (SSSR count). The van der Waals surface area contributed by atoms with Crippen LogP contribution in [0.5, 0.6) is 28.9 Å². The molecule has 194 valence electrons. The van der Waals surface area contributed by atoms with Gasteiger partial charge in [0.2, 0.25) is 18.6 Å². The first-order valence-electron chi connectivity index (χ1n) is 13.0. The van der Waals surface area contributed by atoms with Crippen LogP contribution in [0.4, 0.5) is 0 Å². The highest BCUT2D eigenvalue weighted by molar-refractivity contribution is 5.78. The Kier molecular flexibility index (Phi) is 8.38. The zero-order valence-corrected chi connectivity index (χ0v) is 21.0. The number of pyridine rings is 1. The van der Waals surface area contributed by atoms with Crippen LogP contribution in [0.3, 0.4) is 0 Å². The Morgan fingerprint density at radius 1 is 0.892 bits per heavy atom. The Hall–Kier alpha value is -3.78. The Morgan fingerprint density at radius 3 is 2.68 bits per heavy atom. The second-order valence-corrected chi connectivity index (χ2v) is 9.28. The summed E-state index contributed by atoms with van der Waals surface area (Å²) in [5.74, 6) is 3.43.